The summed E-state index contributed by atoms with van der Waals surface area (Å²) in [6, 6.07) is 4.78. The minimum absolute atomic E-state index is 0.228. The number of ether oxygens (including phenoxy) is 1. The number of nitrogens with zero attached hydrogens (tertiary/aromatic N) is 2. The van der Waals surface area contributed by atoms with Gasteiger partial charge in [-0.15, -0.1) is 0 Å². The quantitative estimate of drug-likeness (QED) is 0.915. The maximum atomic E-state index is 14.0. The Kier molecular flexibility index (Phi) is 4.39. The molecule has 0 bridgehead atoms. The van der Waals surface area contributed by atoms with Gasteiger partial charge in [0.25, 0.3) is 0 Å². The van der Waals surface area contributed by atoms with Gasteiger partial charge in [0.05, 0.1) is 13.3 Å². The van der Waals surface area contributed by atoms with Crippen LogP contribution in [0.25, 0.3) is 0 Å². The molecule has 0 saturated carbocycles. The Hall–Kier alpha value is -1.88. The maximum Gasteiger partial charge on any atom is 0.163 e. The number of aryl methyl sites for hydroxylation is 2. The molecule has 0 aliphatic rings. The average Bonchev–Trinajstić information content (AvgIpc) is 2.81. The fourth-order valence-corrected chi connectivity index (χ4v) is 2.20. The highest BCUT2D eigenvalue weighted by atomic mass is 19.1. The zero-order valence-electron chi connectivity index (χ0n) is 11.9. The molecular weight excluding hydrogens is 259 g/mol. The number of halogens is 1. The van der Waals surface area contributed by atoms with E-state index in [1.165, 1.54) is 13.2 Å². The molecule has 1 aromatic carbocycles. The number of hydrogen-bond acceptors (Lipinski definition) is 3. The number of benzene rings is 1. The van der Waals surface area contributed by atoms with Gasteiger partial charge in [-0.2, -0.15) is 5.10 Å². The van der Waals surface area contributed by atoms with Crippen molar-refractivity contribution in [3.05, 3.63) is 47.0 Å². The molecule has 0 aliphatic heterocycles. The Balaban J connectivity index is 2.46. The summed E-state index contributed by atoms with van der Waals surface area (Å²) in [6.45, 7) is 4.46. The molecule has 2 aromatic rings. The molecule has 0 saturated heterocycles. The predicted molar refractivity (Wildman–Crippen MR) is 74.3 cm³/mol. The molecule has 108 valence electrons. The van der Waals surface area contributed by atoms with Gasteiger partial charge in [0.1, 0.15) is 17.6 Å². The number of aliphatic hydroxyl groups excluding tert-OH is 1. The second-order valence-corrected chi connectivity index (χ2v) is 4.75. The second kappa shape index (κ2) is 6.05. The molecular formula is C15H19FN2O2. The van der Waals surface area contributed by atoms with Gasteiger partial charge in [0, 0.05) is 12.1 Å². The fraction of sp³-hybridized carbons (Fsp3) is 0.400. The van der Waals surface area contributed by atoms with Crippen LogP contribution in [0, 0.1) is 12.7 Å². The van der Waals surface area contributed by atoms with Crippen molar-refractivity contribution in [2.24, 2.45) is 0 Å². The van der Waals surface area contributed by atoms with E-state index in [-0.39, 0.29) is 5.56 Å². The predicted octanol–water partition coefficient (Wildman–Crippen LogP) is 2.83. The summed E-state index contributed by atoms with van der Waals surface area (Å²) in [4.78, 5) is 0. The second-order valence-electron chi connectivity index (χ2n) is 4.75. The zero-order valence-corrected chi connectivity index (χ0v) is 11.9. The monoisotopic (exact) mass is 278 g/mol. The topological polar surface area (TPSA) is 47.3 Å². The van der Waals surface area contributed by atoms with Crippen LogP contribution in [0.3, 0.4) is 0 Å². The summed E-state index contributed by atoms with van der Waals surface area (Å²) in [7, 11) is 1.51. The van der Waals surface area contributed by atoms with E-state index in [2.05, 4.69) is 5.10 Å². The van der Waals surface area contributed by atoms with Crippen molar-refractivity contribution in [1.29, 1.82) is 0 Å². The number of methoxy groups -OCH3 is 1. The Morgan fingerprint density at radius 3 is 2.80 bits per heavy atom. The van der Waals surface area contributed by atoms with Crippen LogP contribution in [0.2, 0.25) is 0 Å². The van der Waals surface area contributed by atoms with Crippen LogP contribution >= 0.6 is 0 Å². The third-order valence-corrected chi connectivity index (χ3v) is 3.21. The molecule has 4 nitrogen and oxygen atoms in total. The standard InChI is InChI=1S/C15H19FN2O2/c1-4-7-18-14(13(20-3)9-17-18)15(19)11-6-5-10(2)8-12(11)16/h5-6,8-9,15,19H,4,7H2,1-3H3. The van der Waals surface area contributed by atoms with Crippen LogP contribution in [-0.4, -0.2) is 22.0 Å². The minimum atomic E-state index is -1.10. The van der Waals surface area contributed by atoms with Crippen LogP contribution < -0.4 is 4.74 Å². The van der Waals surface area contributed by atoms with Crippen LogP contribution in [0.1, 0.15) is 36.3 Å². The molecule has 0 aliphatic carbocycles. The Morgan fingerprint density at radius 2 is 2.20 bits per heavy atom. The van der Waals surface area contributed by atoms with Crippen molar-refractivity contribution in [3.63, 3.8) is 0 Å². The molecule has 1 aromatic heterocycles. The van der Waals surface area contributed by atoms with Crippen molar-refractivity contribution in [2.75, 3.05) is 7.11 Å². The Labute approximate surface area is 117 Å². The van der Waals surface area contributed by atoms with Gasteiger partial charge in [-0.05, 0) is 25.0 Å². The van der Waals surface area contributed by atoms with E-state index in [0.29, 0.717) is 18.0 Å². The smallest absolute Gasteiger partial charge is 0.163 e. The third kappa shape index (κ3) is 2.67. The van der Waals surface area contributed by atoms with Crippen LogP contribution in [0.4, 0.5) is 4.39 Å². The lowest BCUT2D eigenvalue weighted by molar-refractivity contribution is 0.197. The summed E-state index contributed by atoms with van der Waals surface area (Å²) in [5.41, 5.74) is 1.52. The normalized spacial score (nSPS) is 12.4. The summed E-state index contributed by atoms with van der Waals surface area (Å²) in [5.74, 6) is 0.0368. The average molecular weight is 278 g/mol. The highest BCUT2D eigenvalue weighted by Crippen LogP contribution is 2.31. The van der Waals surface area contributed by atoms with E-state index in [9.17, 15) is 9.50 Å². The summed E-state index contributed by atoms with van der Waals surface area (Å²) < 4.78 is 20.9. The summed E-state index contributed by atoms with van der Waals surface area (Å²) in [5, 5.41) is 14.7. The summed E-state index contributed by atoms with van der Waals surface area (Å²) >= 11 is 0. The van der Waals surface area contributed by atoms with Gasteiger partial charge in [-0.1, -0.05) is 19.1 Å². The van der Waals surface area contributed by atoms with Crippen molar-refractivity contribution < 1.29 is 14.2 Å². The van der Waals surface area contributed by atoms with E-state index in [1.54, 1.807) is 29.9 Å². The van der Waals surface area contributed by atoms with E-state index in [1.807, 2.05) is 6.92 Å². The third-order valence-electron chi connectivity index (χ3n) is 3.21. The first kappa shape index (κ1) is 14.5. The lowest BCUT2D eigenvalue weighted by Gasteiger charge is -2.16. The molecule has 0 fully saturated rings. The molecule has 0 amide bonds. The van der Waals surface area contributed by atoms with Gasteiger partial charge in [-0.3, -0.25) is 4.68 Å². The molecule has 20 heavy (non-hydrogen) atoms. The molecule has 0 spiro atoms. The molecule has 5 heteroatoms. The SMILES string of the molecule is CCCn1ncc(OC)c1C(O)c1ccc(C)cc1F. The lowest BCUT2D eigenvalue weighted by atomic mass is 10.0. The van der Waals surface area contributed by atoms with Crippen LogP contribution in [0.5, 0.6) is 5.75 Å². The minimum Gasteiger partial charge on any atom is -0.493 e. The van der Waals surface area contributed by atoms with E-state index in [4.69, 9.17) is 4.74 Å². The Bertz CT molecular complexity index is 596. The number of aliphatic hydroxyl groups is 1. The number of rotatable bonds is 5. The van der Waals surface area contributed by atoms with Crippen molar-refractivity contribution in [3.8, 4) is 5.75 Å². The lowest BCUT2D eigenvalue weighted by Crippen LogP contribution is -2.12. The van der Waals surface area contributed by atoms with Gasteiger partial charge in [0.15, 0.2) is 5.75 Å². The number of aromatic nitrogens is 2. The van der Waals surface area contributed by atoms with Crippen molar-refractivity contribution in [2.45, 2.75) is 32.9 Å². The molecule has 1 atom stereocenters. The van der Waals surface area contributed by atoms with E-state index >= 15 is 0 Å². The fourth-order valence-electron chi connectivity index (χ4n) is 2.20. The summed E-state index contributed by atoms with van der Waals surface area (Å²) in [6.07, 6.45) is 1.31. The Morgan fingerprint density at radius 1 is 1.45 bits per heavy atom. The van der Waals surface area contributed by atoms with Crippen molar-refractivity contribution in [1.82, 2.24) is 9.78 Å². The largest absolute Gasteiger partial charge is 0.493 e. The maximum absolute atomic E-state index is 14.0. The molecule has 1 unspecified atom stereocenters. The van der Waals surface area contributed by atoms with Crippen molar-refractivity contribution >= 4 is 0 Å². The first-order valence-electron chi connectivity index (χ1n) is 6.62. The first-order chi connectivity index (χ1) is 9.58. The van der Waals surface area contributed by atoms with Gasteiger partial charge < -0.3 is 9.84 Å². The van der Waals surface area contributed by atoms with E-state index < -0.39 is 11.9 Å². The first-order valence-corrected chi connectivity index (χ1v) is 6.62. The molecule has 2 rings (SSSR count). The highest BCUT2D eigenvalue weighted by Gasteiger charge is 2.23. The van der Waals surface area contributed by atoms with E-state index in [0.717, 1.165) is 12.0 Å². The van der Waals surface area contributed by atoms with Gasteiger partial charge in [0.2, 0.25) is 0 Å². The molecule has 1 heterocycles. The van der Waals surface area contributed by atoms with Gasteiger partial charge in [-0.25, -0.2) is 4.39 Å². The zero-order chi connectivity index (χ0) is 14.7. The van der Waals surface area contributed by atoms with Crippen LogP contribution in [-0.2, 0) is 6.54 Å². The molecule has 0 radical (unpaired) electrons. The van der Waals surface area contributed by atoms with Crippen LogP contribution in [0.15, 0.2) is 24.4 Å². The van der Waals surface area contributed by atoms with Gasteiger partial charge >= 0.3 is 0 Å². The molecule has 1 N–H and O–H groups in total. The highest BCUT2D eigenvalue weighted by molar-refractivity contribution is 5.36. The number of hydrogen-bond donors (Lipinski definition) is 1.